The molecule has 0 aliphatic carbocycles. The molecule has 1 aliphatic heterocycles. The van der Waals surface area contributed by atoms with Gasteiger partial charge in [0.05, 0.1) is 24.1 Å². The van der Waals surface area contributed by atoms with Crippen LogP contribution in [0.3, 0.4) is 0 Å². The number of aryl methyl sites for hydroxylation is 2. The maximum absolute atomic E-state index is 13.4. The highest BCUT2D eigenvalue weighted by molar-refractivity contribution is 5.94. The molecule has 0 bridgehead atoms. The SMILES string of the molecule is Cc1cc(C)n(-c2ccc(C(=O)N3CCO[C@@H](C)[C@H]3C(F)(F)F)cc2)n1. The summed E-state index contributed by atoms with van der Waals surface area (Å²) < 4.78 is 46.9. The largest absolute Gasteiger partial charge is 0.411 e. The van der Waals surface area contributed by atoms with Crippen LogP contribution in [0.1, 0.15) is 28.7 Å². The molecule has 1 fully saturated rings. The van der Waals surface area contributed by atoms with Crippen LogP contribution in [0.15, 0.2) is 30.3 Å². The topological polar surface area (TPSA) is 47.4 Å². The molecule has 0 spiro atoms. The number of carbonyl (C=O) groups excluding carboxylic acids is 1. The summed E-state index contributed by atoms with van der Waals surface area (Å²) in [6, 6.07) is 6.39. The van der Waals surface area contributed by atoms with E-state index in [4.69, 9.17) is 4.74 Å². The van der Waals surface area contributed by atoms with E-state index < -0.39 is 24.2 Å². The molecule has 1 aromatic heterocycles. The van der Waals surface area contributed by atoms with Gasteiger partial charge in [0.25, 0.3) is 5.91 Å². The number of morpholine rings is 1. The lowest BCUT2D eigenvalue weighted by Crippen LogP contribution is -2.59. The van der Waals surface area contributed by atoms with Gasteiger partial charge in [0.2, 0.25) is 0 Å². The van der Waals surface area contributed by atoms with Crippen molar-refractivity contribution < 1.29 is 22.7 Å². The van der Waals surface area contributed by atoms with E-state index in [2.05, 4.69) is 5.10 Å². The number of aromatic nitrogens is 2. The van der Waals surface area contributed by atoms with Crippen LogP contribution in [-0.4, -0.2) is 52.1 Å². The number of ether oxygens (including phenoxy) is 1. The van der Waals surface area contributed by atoms with E-state index in [0.717, 1.165) is 22.0 Å². The second kappa shape index (κ2) is 6.75. The Bertz CT molecular complexity index is 799. The first-order valence-electron chi connectivity index (χ1n) is 8.31. The molecule has 1 amide bonds. The molecule has 2 heterocycles. The summed E-state index contributed by atoms with van der Waals surface area (Å²) in [6.07, 6.45) is -5.64. The van der Waals surface area contributed by atoms with Crippen molar-refractivity contribution >= 4 is 5.91 Å². The molecular formula is C18H20F3N3O2. The summed E-state index contributed by atoms with van der Waals surface area (Å²) in [5.41, 5.74) is 2.74. The Morgan fingerprint density at radius 3 is 2.42 bits per heavy atom. The van der Waals surface area contributed by atoms with Gasteiger partial charge in [-0.05, 0) is 51.1 Å². The number of rotatable bonds is 2. The second-order valence-corrected chi connectivity index (χ2v) is 6.45. The van der Waals surface area contributed by atoms with Crippen LogP contribution < -0.4 is 0 Å². The summed E-state index contributed by atoms with van der Waals surface area (Å²) in [6.45, 7) is 5.11. The summed E-state index contributed by atoms with van der Waals surface area (Å²) in [4.78, 5) is 13.5. The standard InChI is InChI=1S/C18H20F3N3O2/c1-11-10-12(2)24(22-11)15-6-4-14(5-7-15)17(25)23-8-9-26-13(3)16(23)18(19,20)21/h4-7,10,13,16H,8-9H2,1-3H3/t13-,16-/m0/s1. The van der Waals surface area contributed by atoms with E-state index in [-0.39, 0.29) is 18.7 Å². The first kappa shape index (κ1) is 18.4. The fraction of sp³-hybridized carbons (Fsp3) is 0.444. The highest BCUT2D eigenvalue weighted by Crippen LogP contribution is 2.31. The Morgan fingerprint density at radius 2 is 1.88 bits per heavy atom. The summed E-state index contributed by atoms with van der Waals surface area (Å²) in [7, 11) is 0. The van der Waals surface area contributed by atoms with Gasteiger partial charge in [-0.25, -0.2) is 4.68 Å². The number of amides is 1. The Balaban J connectivity index is 1.86. The van der Waals surface area contributed by atoms with E-state index in [9.17, 15) is 18.0 Å². The maximum Gasteiger partial charge on any atom is 0.411 e. The van der Waals surface area contributed by atoms with Crippen LogP contribution in [-0.2, 0) is 4.74 Å². The molecule has 1 saturated heterocycles. The summed E-state index contributed by atoms with van der Waals surface area (Å²) >= 11 is 0. The van der Waals surface area contributed by atoms with Gasteiger partial charge in [-0.1, -0.05) is 0 Å². The quantitative estimate of drug-likeness (QED) is 0.818. The number of alkyl halides is 3. The van der Waals surface area contributed by atoms with Crippen LogP contribution in [0, 0.1) is 13.8 Å². The summed E-state index contributed by atoms with van der Waals surface area (Å²) in [5.74, 6) is -0.651. The minimum atomic E-state index is -4.54. The fourth-order valence-corrected chi connectivity index (χ4v) is 3.29. The molecule has 26 heavy (non-hydrogen) atoms. The monoisotopic (exact) mass is 367 g/mol. The van der Waals surface area contributed by atoms with Crippen molar-refractivity contribution in [2.24, 2.45) is 0 Å². The highest BCUT2D eigenvalue weighted by atomic mass is 19.4. The number of nitrogens with zero attached hydrogens (tertiary/aromatic N) is 3. The third-order valence-electron chi connectivity index (χ3n) is 4.46. The second-order valence-electron chi connectivity index (χ2n) is 6.45. The van der Waals surface area contributed by atoms with Crippen molar-refractivity contribution in [1.82, 2.24) is 14.7 Å². The van der Waals surface area contributed by atoms with Crippen molar-refractivity contribution in [3.8, 4) is 5.69 Å². The smallest absolute Gasteiger partial charge is 0.374 e. The Labute approximate surface area is 149 Å². The van der Waals surface area contributed by atoms with E-state index >= 15 is 0 Å². The Kier molecular flexibility index (Phi) is 4.79. The van der Waals surface area contributed by atoms with E-state index in [1.807, 2.05) is 19.9 Å². The van der Waals surface area contributed by atoms with E-state index in [0.29, 0.717) is 0 Å². The molecule has 0 radical (unpaired) electrons. The van der Waals surface area contributed by atoms with Gasteiger partial charge >= 0.3 is 6.18 Å². The number of carbonyl (C=O) groups is 1. The lowest BCUT2D eigenvalue weighted by Gasteiger charge is -2.40. The molecule has 2 aromatic rings. The normalized spacial score (nSPS) is 21.1. The van der Waals surface area contributed by atoms with Gasteiger partial charge in [0.15, 0.2) is 6.04 Å². The number of benzene rings is 1. The van der Waals surface area contributed by atoms with Crippen LogP contribution in [0.2, 0.25) is 0 Å². The lowest BCUT2D eigenvalue weighted by molar-refractivity contribution is -0.220. The van der Waals surface area contributed by atoms with Crippen LogP contribution in [0.5, 0.6) is 0 Å². The average molecular weight is 367 g/mol. The molecule has 8 heteroatoms. The van der Waals surface area contributed by atoms with Crippen LogP contribution >= 0.6 is 0 Å². The minimum Gasteiger partial charge on any atom is -0.374 e. The molecular weight excluding hydrogens is 347 g/mol. The van der Waals surface area contributed by atoms with Crippen LogP contribution in [0.25, 0.3) is 5.69 Å². The third-order valence-corrected chi connectivity index (χ3v) is 4.46. The Hall–Kier alpha value is -2.35. The van der Waals surface area contributed by atoms with Crippen molar-refractivity contribution in [2.45, 2.75) is 39.1 Å². The predicted molar refractivity (Wildman–Crippen MR) is 89.3 cm³/mol. The molecule has 5 nitrogen and oxygen atoms in total. The van der Waals surface area contributed by atoms with E-state index in [1.165, 1.54) is 19.1 Å². The van der Waals surface area contributed by atoms with E-state index in [1.54, 1.807) is 16.8 Å². The third kappa shape index (κ3) is 3.46. The van der Waals surface area contributed by atoms with Crippen molar-refractivity contribution in [3.05, 3.63) is 47.3 Å². The Morgan fingerprint density at radius 1 is 1.23 bits per heavy atom. The van der Waals surface area contributed by atoms with Gasteiger partial charge in [0, 0.05) is 17.8 Å². The molecule has 1 aromatic carbocycles. The maximum atomic E-state index is 13.4. The molecule has 2 atom stereocenters. The first-order chi connectivity index (χ1) is 12.2. The summed E-state index contributed by atoms with van der Waals surface area (Å²) in [5, 5.41) is 4.36. The molecule has 140 valence electrons. The first-order valence-corrected chi connectivity index (χ1v) is 8.31. The molecule has 0 unspecified atom stereocenters. The van der Waals surface area contributed by atoms with Crippen molar-refractivity contribution in [1.29, 1.82) is 0 Å². The number of hydrogen-bond acceptors (Lipinski definition) is 3. The molecule has 1 aliphatic rings. The van der Waals surface area contributed by atoms with Gasteiger partial charge < -0.3 is 9.64 Å². The number of hydrogen-bond donors (Lipinski definition) is 0. The molecule has 0 N–H and O–H groups in total. The zero-order valence-corrected chi connectivity index (χ0v) is 14.7. The van der Waals surface area contributed by atoms with Gasteiger partial charge in [-0.3, -0.25) is 4.79 Å². The highest BCUT2D eigenvalue weighted by Gasteiger charge is 2.50. The van der Waals surface area contributed by atoms with Gasteiger partial charge in [-0.2, -0.15) is 18.3 Å². The average Bonchev–Trinajstić information content (AvgIpc) is 2.91. The fourth-order valence-electron chi connectivity index (χ4n) is 3.29. The van der Waals surface area contributed by atoms with Crippen LogP contribution in [0.4, 0.5) is 13.2 Å². The van der Waals surface area contributed by atoms with Crippen molar-refractivity contribution in [2.75, 3.05) is 13.2 Å². The number of halogens is 3. The van der Waals surface area contributed by atoms with Crippen molar-refractivity contribution in [3.63, 3.8) is 0 Å². The molecule has 0 saturated carbocycles. The van der Waals surface area contributed by atoms with Gasteiger partial charge in [0.1, 0.15) is 0 Å². The zero-order chi connectivity index (χ0) is 19.1. The minimum absolute atomic E-state index is 0.0866. The predicted octanol–water partition coefficient (Wildman–Crippen LogP) is 3.28. The van der Waals surface area contributed by atoms with Gasteiger partial charge in [-0.15, -0.1) is 0 Å². The molecule has 3 rings (SSSR count). The lowest BCUT2D eigenvalue weighted by atomic mass is 10.1. The zero-order valence-electron chi connectivity index (χ0n) is 14.7.